The van der Waals surface area contributed by atoms with Crippen LogP contribution in [0.1, 0.15) is 0 Å². The van der Waals surface area contributed by atoms with E-state index in [9.17, 15) is 13.2 Å². The number of nitrogens with zero attached hydrogens (tertiary/aromatic N) is 2. The van der Waals surface area contributed by atoms with E-state index < -0.39 is 15.3 Å². The van der Waals surface area contributed by atoms with Crippen LogP contribution in [0, 0.1) is 0 Å². The van der Waals surface area contributed by atoms with E-state index in [2.05, 4.69) is 15.0 Å². The number of sulfonamides is 1. The third-order valence-corrected chi connectivity index (χ3v) is 5.24. The van der Waals surface area contributed by atoms with E-state index in [-0.39, 0.29) is 19.1 Å². The van der Waals surface area contributed by atoms with Crippen LogP contribution in [-0.2, 0) is 10.0 Å². The standard InChI is InChI=1S/C15H16N4O3S/c20-15(17-12-6-8-16-9-7-12)19-10-14(11-19)23(21,22)18-13-4-2-1-3-5-13/h1-9,14,18H,10-11H2,(H,16,17,20). The Labute approximate surface area is 134 Å². The lowest BCUT2D eigenvalue weighted by Gasteiger charge is -2.38. The topological polar surface area (TPSA) is 91.4 Å². The van der Waals surface area contributed by atoms with Gasteiger partial charge in [-0.3, -0.25) is 9.71 Å². The lowest BCUT2D eigenvalue weighted by molar-refractivity contribution is 0.183. The number of anilines is 2. The van der Waals surface area contributed by atoms with Gasteiger partial charge in [-0.2, -0.15) is 0 Å². The van der Waals surface area contributed by atoms with Crippen molar-refractivity contribution in [1.82, 2.24) is 9.88 Å². The van der Waals surface area contributed by atoms with Crippen molar-refractivity contribution in [2.45, 2.75) is 5.25 Å². The van der Waals surface area contributed by atoms with E-state index in [1.807, 2.05) is 6.07 Å². The molecule has 1 aromatic heterocycles. The molecule has 2 amide bonds. The number of amides is 2. The third kappa shape index (κ3) is 3.59. The molecule has 0 saturated carbocycles. The lowest BCUT2D eigenvalue weighted by Crippen LogP contribution is -2.59. The van der Waals surface area contributed by atoms with Crippen LogP contribution >= 0.6 is 0 Å². The van der Waals surface area contributed by atoms with Crippen molar-refractivity contribution < 1.29 is 13.2 Å². The number of carbonyl (C=O) groups excluding carboxylic acids is 1. The number of hydrogen-bond acceptors (Lipinski definition) is 4. The summed E-state index contributed by atoms with van der Waals surface area (Å²) in [6.45, 7) is 0.332. The second kappa shape index (κ2) is 6.25. The van der Waals surface area contributed by atoms with Crippen molar-refractivity contribution in [3.8, 4) is 0 Å². The number of hydrogen-bond donors (Lipinski definition) is 2. The molecule has 1 aliphatic rings. The van der Waals surface area contributed by atoms with E-state index in [1.165, 1.54) is 4.90 Å². The van der Waals surface area contributed by atoms with Gasteiger partial charge >= 0.3 is 6.03 Å². The first-order valence-corrected chi connectivity index (χ1v) is 8.62. The van der Waals surface area contributed by atoms with Gasteiger partial charge in [0, 0.05) is 36.9 Å². The number of likely N-dealkylation sites (tertiary alicyclic amines) is 1. The van der Waals surface area contributed by atoms with Crippen LogP contribution in [0.15, 0.2) is 54.9 Å². The fraction of sp³-hybridized carbons (Fsp3) is 0.200. The maximum atomic E-state index is 12.2. The minimum atomic E-state index is -3.50. The maximum Gasteiger partial charge on any atom is 0.321 e. The summed E-state index contributed by atoms with van der Waals surface area (Å²) in [6.07, 6.45) is 3.14. The summed E-state index contributed by atoms with van der Waals surface area (Å²) >= 11 is 0. The molecule has 0 unspecified atom stereocenters. The van der Waals surface area contributed by atoms with Gasteiger partial charge in [0.1, 0.15) is 5.25 Å². The van der Waals surface area contributed by atoms with Gasteiger partial charge < -0.3 is 10.2 Å². The second-order valence-electron chi connectivity index (χ2n) is 5.21. The molecule has 0 spiro atoms. The molecule has 7 nitrogen and oxygen atoms in total. The fourth-order valence-electron chi connectivity index (χ4n) is 2.19. The molecule has 1 aliphatic heterocycles. The van der Waals surface area contributed by atoms with E-state index in [4.69, 9.17) is 0 Å². The Bertz CT molecular complexity index is 775. The number of urea groups is 1. The average Bonchev–Trinajstić information content (AvgIpc) is 2.46. The van der Waals surface area contributed by atoms with E-state index >= 15 is 0 Å². The minimum absolute atomic E-state index is 0.166. The molecular formula is C15H16N4O3S. The van der Waals surface area contributed by atoms with Crippen molar-refractivity contribution in [3.63, 3.8) is 0 Å². The van der Waals surface area contributed by atoms with E-state index in [1.54, 1.807) is 48.8 Å². The number of pyridine rings is 1. The molecule has 0 atom stereocenters. The first-order chi connectivity index (χ1) is 11.0. The zero-order chi connectivity index (χ0) is 16.3. The van der Waals surface area contributed by atoms with Crippen LogP contribution in [0.25, 0.3) is 0 Å². The highest BCUT2D eigenvalue weighted by Crippen LogP contribution is 2.20. The number of benzene rings is 1. The van der Waals surface area contributed by atoms with Crippen molar-refractivity contribution in [2.24, 2.45) is 0 Å². The van der Waals surface area contributed by atoms with Crippen LogP contribution in [0.4, 0.5) is 16.2 Å². The Morgan fingerprint density at radius 3 is 2.35 bits per heavy atom. The zero-order valence-electron chi connectivity index (χ0n) is 12.2. The third-order valence-electron chi connectivity index (χ3n) is 3.54. The summed E-state index contributed by atoms with van der Waals surface area (Å²) in [7, 11) is -3.50. The normalized spacial score (nSPS) is 14.9. The van der Waals surface area contributed by atoms with Crippen molar-refractivity contribution in [1.29, 1.82) is 0 Å². The van der Waals surface area contributed by atoms with Gasteiger partial charge in [0.2, 0.25) is 10.0 Å². The number of nitrogens with one attached hydrogen (secondary N) is 2. The van der Waals surface area contributed by atoms with Gasteiger partial charge in [0.15, 0.2) is 0 Å². The first-order valence-electron chi connectivity index (χ1n) is 7.07. The van der Waals surface area contributed by atoms with Gasteiger partial charge in [-0.15, -0.1) is 0 Å². The molecule has 8 heteroatoms. The highest BCUT2D eigenvalue weighted by atomic mass is 32.2. The molecule has 2 heterocycles. The molecule has 2 aromatic rings. The summed E-state index contributed by atoms with van der Waals surface area (Å²) in [5.41, 5.74) is 1.14. The molecule has 0 radical (unpaired) electrons. The highest BCUT2D eigenvalue weighted by molar-refractivity contribution is 7.93. The molecule has 3 rings (SSSR count). The SMILES string of the molecule is O=C(Nc1ccncc1)N1CC(S(=O)(=O)Nc2ccccc2)C1. The van der Waals surface area contributed by atoms with Crippen LogP contribution < -0.4 is 10.0 Å². The monoisotopic (exact) mass is 332 g/mol. The molecule has 23 heavy (non-hydrogen) atoms. The van der Waals surface area contributed by atoms with Crippen LogP contribution in [-0.4, -0.2) is 42.7 Å². The van der Waals surface area contributed by atoms with Crippen molar-refractivity contribution >= 4 is 27.4 Å². The van der Waals surface area contributed by atoms with E-state index in [0.29, 0.717) is 11.4 Å². The molecule has 1 fully saturated rings. The maximum absolute atomic E-state index is 12.2. The molecule has 0 aliphatic carbocycles. The summed E-state index contributed by atoms with van der Waals surface area (Å²) in [6, 6.07) is 11.7. The Morgan fingerprint density at radius 2 is 1.70 bits per heavy atom. The smallest absolute Gasteiger partial charge is 0.321 e. The van der Waals surface area contributed by atoms with Gasteiger partial charge in [0.05, 0.1) is 0 Å². The van der Waals surface area contributed by atoms with Crippen molar-refractivity contribution in [3.05, 3.63) is 54.9 Å². The number of carbonyl (C=O) groups is 1. The summed E-state index contributed by atoms with van der Waals surface area (Å²) in [5, 5.41) is 2.09. The molecule has 120 valence electrons. The lowest BCUT2D eigenvalue weighted by atomic mass is 10.2. The Balaban J connectivity index is 1.55. The zero-order valence-corrected chi connectivity index (χ0v) is 13.0. The Morgan fingerprint density at radius 1 is 1.04 bits per heavy atom. The molecule has 1 aromatic carbocycles. The largest absolute Gasteiger partial charge is 0.322 e. The summed E-state index contributed by atoms with van der Waals surface area (Å²) in [4.78, 5) is 17.3. The second-order valence-corrected chi connectivity index (χ2v) is 7.17. The minimum Gasteiger partial charge on any atom is -0.322 e. The highest BCUT2D eigenvalue weighted by Gasteiger charge is 2.39. The Kier molecular flexibility index (Phi) is 4.16. The van der Waals surface area contributed by atoms with Gasteiger partial charge in [-0.25, -0.2) is 13.2 Å². The van der Waals surface area contributed by atoms with Gasteiger partial charge in [-0.05, 0) is 24.3 Å². The Hall–Kier alpha value is -2.61. The number of rotatable bonds is 4. The number of para-hydroxylation sites is 1. The summed E-state index contributed by atoms with van der Waals surface area (Å²) < 4.78 is 27.0. The first kappa shape index (κ1) is 15.3. The van der Waals surface area contributed by atoms with Crippen LogP contribution in [0.2, 0.25) is 0 Å². The quantitative estimate of drug-likeness (QED) is 0.892. The van der Waals surface area contributed by atoms with Crippen molar-refractivity contribution in [2.75, 3.05) is 23.1 Å². The molecule has 2 N–H and O–H groups in total. The van der Waals surface area contributed by atoms with Crippen LogP contribution in [0.5, 0.6) is 0 Å². The van der Waals surface area contributed by atoms with Gasteiger partial charge in [-0.1, -0.05) is 18.2 Å². The predicted molar refractivity (Wildman–Crippen MR) is 87.6 cm³/mol. The molecule has 0 bridgehead atoms. The van der Waals surface area contributed by atoms with Crippen LogP contribution in [0.3, 0.4) is 0 Å². The van der Waals surface area contributed by atoms with Gasteiger partial charge in [0.25, 0.3) is 0 Å². The van der Waals surface area contributed by atoms with E-state index in [0.717, 1.165) is 0 Å². The summed E-state index contributed by atoms with van der Waals surface area (Å²) in [5.74, 6) is 0. The fourth-order valence-corrected chi connectivity index (χ4v) is 3.58. The predicted octanol–water partition coefficient (Wildman–Crippen LogP) is 1.74. The molecular weight excluding hydrogens is 316 g/mol. The molecule has 1 saturated heterocycles. The number of aromatic nitrogens is 1. The average molecular weight is 332 g/mol.